The molecule has 0 atom stereocenters. The third kappa shape index (κ3) is 2.98. The standard InChI is InChI=1S/C10H13N3O2/c1-7(12-13-10(11)14)8-5-3-4-6-9(8)15-2/h3-6H,1-2H3,(H3,11,13,14)/b12-7-. The molecule has 0 bridgehead atoms. The van der Waals surface area contributed by atoms with Crippen LogP contribution >= 0.6 is 0 Å². The average Bonchev–Trinajstić information content (AvgIpc) is 2.25. The van der Waals surface area contributed by atoms with Crippen molar-refractivity contribution in [2.24, 2.45) is 10.8 Å². The number of nitrogens with zero attached hydrogens (tertiary/aromatic N) is 1. The van der Waals surface area contributed by atoms with Crippen LogP contribution in [-0.4, -0.2) is 18.9 Å². The molecule has 0 heterocycles. The molecule has 0 aliphatic heterocycles. The summed E-state index contributed by atoms with van der Waals surface area (Å²) in [4.78, 5) is 10.5. The minimum absolute atomic E-state index is 0.631. The normalized spacial score (nSPS) is 10.9. The molecule has 1 aromatic rings. The molecule has 2 amide bonds. The SMILES string of the molecule is COc1ccccc1/C(C)=N\NC(N)=O. The number of carbonyl (C=O) groups is 1. The lowest BCUT2D eigenvalue weighted by molar-refractivity contribution is 0.249. The first-order valence-corrected chi connectivity index (χ1v) is 4.38. The van der Waals surface area contributed by atoms with Crippen LogP contribution in [0.15, 0.2) is 29.4 Å². The molecule has 0 aliphatic rings. The quantitative estimate of drug-likeness (QED) is 0.575. The van der Waals surface area contributed by atoms with Gasteiger partial charge in [0.05, 0.1) is 12.8 Å². The van der Waals surface area contributed by atoms with E-state index in [-0.39, 0.29) is 0 Å². The number of ether oxygens (including phenoxy) is 1. The number of nitrogens with two attached hydrogens (primary N) is 1. The van der Waals surface area contributed by atoms with Crippen molar-refractivity contribution >= 4 is 11.7 Å². The van der Waals surface area contributed by atoms with Gasteiger partial charge in [0.1, 0.15) is 5.75 Å². The summed E-state index contributed by atoms with van der Waals surface area (Å²) in [5.41, 5.74) is 8.51. The zero-order valence-corrected chi connectivity index (χ0v) is 8.65. The highest BCUT2D eigenvalue weighted by Gasteiger charge is 2.04. The lowest BCUT2D eigenvalue weighted by atomic mass is 10.1. The number of hydrogen-bond acceptors (Lipinski definition) is 3. The molecule has 80 valence electrons. The summed E-state index contributed by atoms with van der Waals surface area (Å²) in [5, 5.41) is 3.81. The molecule has 5 nitrogen and oxygen atoms in total. The maximum absolute atomic E-state index is 10.5. The molecule has 0 aliphatic carbocycles. The number of para-hydroxylation sites is 1. The Morgan fingerprint density at radius 2 is 2.13 bits per heavy atom. The van der Waals surface area contributed by atoms with Crippen LogP contribution in [0.2, 0.25) is 0 Å². The topological polar surface area (TPSA) is 76.7 Å². The van der Waals surface area contributed by atoms with Crippen LogP contribution in [0.4, 0.5) is 4.79 Å². The van der Waals surface area contributed by atoms with Crippen molar-refractivity contribution in [3.63, 3.8) is 0 Å². The van der Waals surface area contributed by atoms with Gasteiger partial charge < -0.3 is 10.5 Å². The number of carbonyl (C=O) groups excluding carboxylic acids is 1. The number of nitrogens with one attached hydrogen (secondary N) is 1. The van der Waals surface area contributed by atoms with E-state index in [1.165, 1.54) is 0 Å². The van der Waals surface area contributed by atoms with Crippen molar-refractivity contribution in [1.29, 1.82) is 0 Å². The lowest BCUT2D eigenvalue weighted by Crippen LogP contribution is -2.25. The highest BCUT2D eigenvalue weighted by molar-refractivity contribution is 6.01. The summed E-state index contributed by atoms with van der Waals surface area (Å²) in [7, 11) is 1.58. The third-order valence-electron chi connectivity index (χ3n) is 1.83. The molecule has 0 aromatic heterocycles. The van der Waals surface area contributed by atoms with Crippen LogP contribution in [0.3, 0.4) is 0 Å². The highest BCUT2D eigenvalue weighted by Crippen LogP contribution is 2.17. The van der Waals surface area contributed by atoms with Crippen LogP contribution in [0.1, 0.15) is 12.5 Å². The Morgan fingerprint density at radius 1 is 1.47 bits per heavy atom. The predicted molar refractivity (Wildman–Crippen MR) is 57.9 cm³/mol. The van der Waals surface area contributed by atoms with Gasteiger partial charge in [-0.25, -0.2) is 10.2 Å². The first-order chi connectivity index (χ1) is 7.15. The summed E-state index contributed by atoms with van der Waals surface area (Å²) in [5.74, 6) is 0.699. The molecule has 0 spiro atoms. The van der Waals surface area contributed by atoms with Gasteiger partial charge >= 0.3 is 6.03 Å². The summed E-state index contributed by atoms with van der Waals surface area (Å²) in [6.45, 7) is 1.76. The molecule has 3 N–H and O–H groups in total. The van der Waals surface area contributed by atoms with Crippen LogP contribution in [0.25, 0.3) is 0 Å². The minimum atomic E-state index is -0.691. The van der Waals surface area contributed by atoms with Gasteiger partial charge in [-0.3, -0.25) is 0 Å². The number of hydrogen-bond donors (Lipinski definition) is 2. The zero-order valence-electron chi connectivity index (χ0n) is 8.65. The Hall–Kier alpha value is -2.04. The molecular formula is C10H13N3O2. The second-order valence-corrected chi connectivity index (χ2v) is 2.87. The number of benzene rings is 1. The van der Waals surface area contributed by atoms with Crippen molar-refractivity contribution in [2.75, 3.05) is 7.11 Å². The molecule has 15 heavy (non-hydrogen) atoms. The van der Waals surface area contributed by atoms with E-state index in [9.17, 15) is 4.79 Å². The van der Waals surface area contributed by atoms with Gasteiger partial charge in [-0.2, -0.15) is 5.10 Å². The fourth-order valence-corrected chi connectivity index (χ4v) is 1.14. The molecule has 0 radical (unpaired) electrons. The summed E-state index contributed by atoms with van der Waals surface area (Å²) >= 11 is 0. The smallest absolute Gasteiger partial charge is 0.332 e. The van der Waals surface area contributed by atoms with E-state index < -0.39 is 6.03 Å². The van der Waals surface area contributed by atoms with Gasteiger partial charge in [0.25, 0.3) is 0 Å². The van der Waals surface area contributed by atoms with E-state index in [0.29, 0.717) is 11.5 Å². The van der Waals surface area contributed by atoms with Crippen molar-refractivity contribution in [3.05, 3.63) is 29.8 Å². The number of rotatable bonds is 3. The fraction of sp³-hybridized carbons (Fsp3) is 0.200. The first-order valence-electron chi connectivity index (χ1n) is 4.38. The van der Waals surface area contributed by atoms with Crippen molar-refractivity contribution < 1.29 is 9.53 Å². The second-order valence-electron chi connectivity index (χ2n) is 2.87. The van der Waals surface area contributed by atoms with Crippen molar-refractivity contribution in [2.45, 2.75) is 6.92 Å². The van der Waals surface area contributed by atoms with Crippen LogP contribution < -0.4 is 15.9 Å². The van der Waals surface area contributed by atoms with Gasteiger partial charge in [-0.15, -0.1) is 0 Å². The molecular weight excluding hydrogens is 194 g/mol. The number of urea groups is 1. The zero-order chi connectivity index (χ0) is 11.3. The molecule has 1 rings (SSSR count). The molecule has 0 saturated carbocycles. The Labute approximate surface area is 87.9 Å². The third-order valence-corrected chi connectivity index (χ3v) is 1.83. The Balaban J connectivity index is 2.94. The molecule has 0 fully saturated rings. The van der Waals surface area contributed by atoms with E-state index in [1.54, 1.807) is 14.0 Å². The van der Waals surface area contributed by atoms with Crippen molar-refractivity contribution in [3.8, 4) is 5.75 Å². The maximum atomic E-state index is 10.5. The van der Waals surface area contributed by atoms with Gasteiger partial charge in [-0.05, 0) is 19.1 Å². The Morgan fingerprint density at radius 3 is 2.73 bits per heavy atom. The second kappa shape index (κ2) is 4.99. The number of primary amides is 1. The lowest BCUT2D eigenvalue weighted by Gasteiger charge is -2.07. The Kier molecular flexibility index (Phi) is 3.68. The summed E-state index contributed by atoms with van der Waals surface area (Å²) < 4.78 is 5.15. The van der Waals surface area contributed by atoms with E-state index in [1.807, 2.05) is 24.3 Å². The van der Waals surface area contributed by atoms with Crippen LogP contribution in [-0.2, 0) is 0 Å². The van der Waals surface area contributed by atoms with Gasteiger partial charge in [0, 0.05) is 5.56 Å². The van der Waals surface area contributed by atoms with E-state index in [0.717, 1.165) is 5.56 Å². The van der Waals surface area contributed by atoms with E-state index in [4.69, 9.17) is 10.5 Å². The van der Waals surface area contributed by atoms with Gasteiger partial charge in [0.15, 0.2) is 0 Å². The fourth-order valence-electron chi connectivity index (χ4n) is 1.14. The van der Waals surface area contributed by atoms with Gasteiger partial charge in [-0.1, -0.05) is 12.1 Å². The van der Waals surface area contributed by atoms with Crippen LogP contribution in [0, 0.1) is 0 Å². The minimum Gasteiger partial charge on any atom is -0.496 e. The highest BCUT2D eigenvalue weighted by atomic mass is 16.5. The molecule has 0 saturated heterocycles. The Bertz CT molecular complexity index is 388. The van der Waals surface area contributed by atoms with E-state index >= 15 is 0 Å². The average molecular weight is 207 g/mol. The largest absolute Gasteiger partial charge is 0.496 e. The molecule has 1 aromatic carbocycles. The molecule has 5 heteroatoms. The number of hydrazone groups is 1. The number of amides is 2. The van der Waals surface area contributed by atoms with Gasteiger partial charge in [0.2, 0.25) is 0 Å². The maximum Gasteiger partial charge on any atom is 0.332 e. The first kappa shape index (κ1) is 11.0. The monoisotopic (exact) mass is 207 g/mol. The summed E-state index contributed by atoms with van der Waals surface area (Å²) in [6, 6.07) is 6.70. The van der Waals surface area contributed by atoms with Crippen LogP contribution in [0.5, 0.6) is 5.75 Å². The predicted octanol–water partition coefficient (Wildman–Crippen LogP) is 1.09. The van der Waals surface area contributed by atoms with E-state index in [2.05, 4.69) is 10.5 Å². The number of methoxy groups -OCH3 is 1. The summed E-state index contributed by atoms with van der Waals surface area (Å²) in [6.07, 6.45) is 0. The molecule has 0 unspecified atom stereocenters. The van der Waals surface area contributed by atoms with Crippen molar-refractivity contribution in [1.82, 2.24) is 5.43 Å².